The van der Waals surface area contributed by atoms with Crippen LogP contribution in [0.1, 0.15) is 17.3 Å². The predicted molar refractivity (Wildman–Crippen MR) is 110 cm³/mol. The van der Waals surface area contributed by atoms with Crippen LogP contribution in [-0.4, -0.2) is 48.9 Å². The van der Waals surface area contributed by atoms with E-state index >= 15 is 0 Å². The van der Waals surface area contributed by atoms with Gasteiger partial charge in [0.05, 0.1) is 10.7 Å². The molecule has 2 aromatic rings. The molecule has 1 atom stereocenters. The molecule has 0 saturated carbocycles. The quantitative estimate of drug-likeness (QED) is 0.277. The van der Waals surface area contributed by atoms with Crippen LogP contribution in [0.3, 0.4) is 0 Å². The molecule has 36 heavy (non-hydrogen) atoms. The zero-order valence-corrected chi connectivity index (χ0v) is 19.4. The highest BCUT2D eigenvalue weighted by Gasteiger charge is 2.59. The molecule has 198 valence electrons. The Morgan fingerprint density at radius 3 is 2.06 bits per heavy atom. The molecule has 0 aromatic heterocycles. The van der Waals surface area contributed by atoms with Crippen LogP contribution in [0, 0.1) is 17.5 Å². The highest BCUT2D eigenvalue weighted by molar-refractivity contribution is 6.38. The van der Waals surface area contributed by atoms with E-state index in [1.54, 1.807) is 0 Å². The summed E-state index contributed by atoms with van der Waals surface area (Å²) in [7, 11) is 0.789. The summed E-state index contributed by atoms with van der Waals surface area (Å²) in [5.41, 5.74) is -1.99. The molecule has 0 heterocycles. The topological polar surface area (TPSA) is 49.9 Å². The van der Waals surface area contributed by atoms with Crippen molar-refractivity contribution >= 4 is 40.8 Å². The van der Waals surface area contributed by atoms with Gasteiger partial charge in [-0.05, 0) is 25.1 Å². The number of benzene rings is 2. The highest BCUT2D eigenvalue weighted by Crippen LogP contribution is 2.45. The van der Waals surface area contributed by atoms with E-state index in [0.29, 0.717) is 11.0 Å². The second-order valence-electron chi connectivity index (χ2n) is 6.89. The fraction of sp³-hybridized carbons (Fsp3) is 0.300. The van der Waals surface area contributed by atoms with Gasteiger partial charge in [-0.2, -0.15) is 22.0 Å². The molecule has 0 bridgehead atoms. The molecule has 0 fully saturated rings. The summed E-state index contributed by atoms with van der Waals surface area (Å²) in [5, 5.41) is -2.52. The minimum atomic E-state index is -6.05. The minimum absolute atomic E-state index is 0.196. The van der Waals surface area contributed by atoms with E-state index < -0.39 is 81.4 Å². The van der Waals surface area contributed by atoms with Crippen LogP contribution in [-0.2, 0) is 0 Å². The Hall–Kier alpha value is -2.87. The lowest BCUT2D eigenvalue weighted by atomic mass is 10.1. The molecule has 0 aliphatic rings. The van der Waals surface area contributed by atoms with E-state index in [9.17, 15) is 49.1 Å². The average molecular weight is 571 g/mol. The summed E-state index contributed by atoms with van der Waals surface area (Å²) >= 11 is 11.3. The summed E-state index contributed by atoms with van der Waals surface area (Å²) in [6.45, 7) is 0.771. The summed E-state index contributed by atoms with van der Waals surface area (Å²) in [6, 6.07) is 1.46. The van der Waals surface area contributed by atoms with Gasteiger partial charge in [-0.25, -0.2) is 22.4 Å². The Labute approximate surface area is 206 Å². The highest BCUT2D eigenvalue weighted by atomic mass is 35.5. The molecule has 0 aliphatic carbocycles. The Balaban J connectivity index is 2.46. The molecule has 0 N–H and O–H groups in total. The third-order valence-corrected chi connectivity index (χ3v) is 5.14. The van der Waals surface area contributed by atoms with Crippen LogP contribution in [0.5, 0.6) is 5.75 Å². The van der Waals surface area contributed by atoms with Gasteiger partial charge in [-0.15, -0.1) is 0 Å². The molecule has 16 heteroatoms. The number of hydrogen-bond acceptors (Lipinski definition) is 3. The molecule has 0 radical (unpaired) electrons. The Morgan fingerprint density at radius 2 is 1.58 bits per heavy atom. The maximum Gasteiger partial charge on any atom is 0.439 e. The van der Waals surface area contributed by atoms with Gasteiger partial charge in [0.25, 0.3) is 12.1 Å². The molecule has 2 rings (SSSR count). The third kappa shape index (κ3) is 5.75. The largest absolute Gasteiger partial charge is 0.439 e. The Kier molecular flexibility index (Phi) is 8.67. The van der Waals surface area contributed by atoms with E-state index in [0.717, 1.165) is 25.2 Å². The number of alkyl halides is 6. The average Bonchev–Trinajstić information content (AvgIpc) is 2.78. The van der Waals surface area contributed by atoms with Crippen molar-refractivity contribution in [1.29, 1.82) is 0 Å². The normalized spacial score (nSPS) is 12.8. The first kappa shape index (κ1) is 29.4. The number of rotatable bonds is 6. The monoisotopic (exact) mass is 570 g/mol. The Morgan fingerprint density at radius 1 is 1.06 bits per heavy atom. The Bertz CT molecular complexity index is 1160. The molecular weight excluding hydrogens is 558 g/mol. The van der Waals surface area contributed by atoms with Crippen molar-refractivity contribution in [3.63, 3.8) is 0 Å². The maximum absolute atomic E-state index is 14.9. The smallest absolute Gasteiger partial charge is 0.427 e. The number of ether oxygens (including phenoxy) is 1. The van der Waals surface area contributed by atoms with Gasteiger partial charge in [-0.1, -0.05) is 29.3 Å². The number of anilines is 1. The van der Waals surface area contributed by atoms with Crippen molar-refractivity contribution in [2.24, 2.45) is 0 Å². The number of nitrogens with zero attached hydrogens (tertiary/aromatic N) is 2. The fourth-order valence-electron chi connectivity index (χ4n) is 2.78. The molecule has 2 aromatic carbocycles. The third-order valence-electron chi connectivity index (χ3n) is 4.52. The predicted octanol–water partition coefficient (Wildman–Crippen LogP) is 7.00. The first-order chi connectivity index (χ1) is 16.5. The van der Waals surface area contributed by atoms with Crippen molar-refractivity contribution in [3.05, 3.63) is 57.3 Å². The number of urea groups is 1. The van der Waals surface area contributed by atoms with E-state index in [2.05, 4.69) is 4.74 Å². The second-order valence-corrected chi connectivity index (χ2v) is 7.68. The van der Waals surface area contributed by atoms with Gasteiger partial charge in [0.2, 0.25) is 0 Å². The molecule has 1 unspecified atom stereocenters. The van der Waals surface area contributed by atoms with Crippen LogP contribution in [0.4, 0.5) is 50.0 Å². The minimum Gasteiger partial charge on any atom is -0.427 e. The molecule has 3 amide bonds. The van der Waals surface area contributed by atoms with E-state index in [1.165, 1.54) is 6.92 Å². The van der Waals surface area contributed by atoms with Gasteiger partial charge in [0, 0.05) is 13.6 Å². The number of imide groups is 1. The number of carbonyl (C=O) groups excluding carboxylic acids is 2. The van der Waals surface area contributed by atoms with Gasteiger partial charge in [-0.3, -0.25) is 14.6 Å². The van der Waals surface area contributed by atoms with Crippen LogP contribution in [0.15, 0.2) is 24.3 Å². The number of hydrogen-bond donors (Lipinski definition) is 0. The number of halogens is 11. The van der Waals surface area contributed by atoms with Crippen LogP contribution in [0.2, 0.25) is 10.0 Å². The zero-order chi connectivity index (χ0) is 27.7. The van der Waals surface area contributed by atoms with Gasteiger partial charge < -0.3 is 4.74 Å². The number of carbonyl (C=O) groups is 2. The zero-order valence-electron chi connectivity index (χ0n) is 17.9. The van der Waals surface area contributed by atoms with Crippen molar-refractivity contribution < 1.29 is 53.8 Å². The molecule has 0 saturated heterocycles. The summed E-state index contributed by atoms with van der Waals surface area (Å²) in [4.78, 5) is 25.9. The number of amides is 3. The van der Waals surface area contributed by atoms with E-state index in [1.807, 2.05) is 0 Å². The standard InChI is InChI=1S/C20H13Cl2F9N2O3/c1-3-33(18(35)32(2)16(34)12-9(23)5-4-6-10(12)24)11-7-8(21)15(13(22)14(11)25)36-20(30,31)17(26)19(27,28)29/h4-7,17H,3H2,1-2H3. The molecule has 0 aliphatic heterocycles. The fourth-order valence-corrected chi connectivity index (χ4v) is 3.30. The second kappa shape index (κ2) is 10.6. The maximum atomic E-state index is 14.9. The van der Waals surface area contributed by atoms with Crippen molar-refractivity contribution in [3.8, 4) is 5.75 Å². The lowest BCUT2D eigenvalue weighted by molar-refractivity contribution is -0.304. The van der Waals surface area contributed by atoms with Crippen molar-refractivity contribution in [2.45, 2.75) is 25.4 Å². The summed E-state index contributed by atoms with van der Waals surface area (Å²) in [5.74, 6) is -7.41. The summed E-state index contributed by atoms with van der Waals surface area (Å²) < 4.78 is 124. The van der Waals surface area contributed by atoms with Gasteiger partial charge in [0.15, 0.2) is 11.6 Å². The van der Waals surface area contributed by atoms with Crippen molar-refractivity contribution in [2.75, 3.05) is 18.5 Å². The first-order valence-corrected chi connectivity index (χ1v) is 10.2. The van der Waals surface area contributed by atoms with Crippen molar-refractivity contribution in [1.82, 2.24) is 4.90 Å². The SMILES string of the molecule is CCN(C(=O)N(C)C(=O)c1c(F)cccc1F)c1cc(Cl)c(OC(F)(F)C(F)C(F)(F)F)c(Cl)c1F. The lowest BCUT2D eigenvalue weighted by Crippen LogP contribution is -2.46. The van der Waals surface area contributed by atoms with Crippen LogP contribution >= 0.6 is 23.2 Å². The summed E-state index contributed by atoms with van der Waals surface area (Å²) in [6.07, 6.45) is -16.5. The van der Waals surface area contributed by atoms with E-state index in [-0.39, 0.29) is 4.90 Å². The van der Waals surface area contributed by atoms with Gasteiger partial charge >= 0.3 is 18.3 Å². The molecule has 0 spiro atoms. The molecular formula is C20H13Cl2F9N2O3. The van der Waals surface area contributed by atoms with Gasteiger partial charge in [0.1, 0.15) is 22.2 Å². The van der Waals surface area contributed by atoms with Crippen LogP contribution in [0.25, 0.3) is 0 Å². The van der Waals surface area contributed by atoms with Crippen LogP contribution < -0.4 is 9.64 Å². The van der Waals surface area contributed by atoms with E-state index in [4.69, 9.17) is 23.2 Å². The lowest BCUT2D eigenvalue weighted by Gasteiger charge is -2.28. The molecule has 5 nitrogen and oxygen atoms in total. The first-order valence-electron chi connectivity index (χ1n) is 9.44.